The molecule has 3 rings (SSSR count). The van der Waals surface area contributed by atoms with Crippen molar-refractivity contribution in [1.82, 2.24) is 25.3 Å². The number of H-pyrrole nitrogens is 1. The van der Waals surface area contributed by atoms with Crippen molar-refractivity contribution in [3.05, 3.63) is 29.0 Å². The molecule has 1 aromatic heterocycles. The van der Waals surface area contributed by atoms with Gasteiger partial charge in [-0.25, -0.2) is 14.8 Å². The Morgan fingerprint density at radius 2 is 2.04 bits per heavy atom. The highest BCUT2D eigenvalue weighted by Gasteiger charge is 2.34. The number of benzene rings is 1. The molecule has 3 amide bonds. The van der Waals surface area contributed by atoms with Crippen LogP contribution in [0.5, 0.6) is 0 Å². The third-order valence-corrected chi connectivity index (χ3v) is 5.13. The van der Waals surface area contributed by atoms with Crippen LogP contribution in [0.1, 0.15) is 36.3 Å². The molecule has 2 atom stereocenters. The van der Waals surface area contributed by atoms with E-state index in [1.165, 1.54) is 4.90 Å². The largest absolute Gasteiger partial charge is 0.464 e. The molecule has 1 heterocycles. The van der Waals surface area contributed by atoms with E-state index in [1.807, 2.05) is 0 Å². The molecule has 0 spiro atoms. The average molecular weight is 408 g/mol. The first-order chi connectivity index (χ1) is 13.3. The molecule has 0 saturated heterocycles. The van der Waals surface area contributed by atoms with E-state index < -0.39 is 18.0 Å². The summed E-state index contributed by atoms with van der Waals surface area (Å²) in [6.45, 7) is 0. The number of nitrogens with zero attached hydrogens (tertiary/aromatic N) is 3. The molecule has 1 fully saturated rings. The number of hydrazine groups is 1. The topological polar surface area (TPSA) is 119 Å². The number of hydrogen-bond acceptors (Lipinski definition) is 4. The maximum atomic E-state index is 12.6. The number of aromatic nitrogens is 2. The number of carbonyl (C=O) groups is 3. The lowest BCUT2D eigenvalue weighted by molar-refractivity contribution is -0.134. The first-order valence-corrected chi connectivity index (χ1v) is 9.33. The van der Waals surface area contributed by atoms with Gasteiger partial charge in [0.2, 0.25) is 5.91 Å². The minimum absolute atomic E-state index is 0.0137. The summed E-state index contributed by atoms with van der Waals surface area (Å²) in [7, 11) is 3.35. The van der Waals surface area contributed by atoms with E-state index in [2.05, 4.69) is 15.4 Å². The summed E-state index contributed by atoms with van der Waals surface area (Å²) in [5, 5.41) is 11.0. The standard InChI is InChI=1S/C18H22ClN5O4/c1-23(2)17(26)10-4-3-5-12(8-10)24(18(27)28)22-16(25)15-20-13-7-6-11(19)9-14(13)21-15/h6-7,9-10,12H,3-5,8H2,1-2H3,(H,20,21)(H,22,25)(H,27,28)/t10-,12?/m0/s1. The van der Waals surface area contributed by atoms with Crippen LogP contribution in [-0.4, -0.2) is 63.0 Å². The minimum atomic E-state index is -1.28. The van der Waals surface area contributed by atoms with E-state index in [-0.39, 0.29) is 17.6 Å². The van der Waals surface area contributed by atoms with E-state index >= 15 is 0 Å². The van der Waals surface area contributed by atoms with E-state index in [1.54, 1.807) is 32.3 Å². The normalized spacial score (nSPS) is 19.2. The van der Waals surface area contributed by atoms with Crippen LogP contribution in [0.2, 0.25) is 5.02 Å². The van der Waals surface area contributed by atoms with Crippen molar-refractivity contribution in [3.8, 4) is 0 Å². The van der Waals surface area contributed by atoms with Crippen LogP contribution in [0.15, 0.2) is 18.2 Å². The van der Waals surface area contributed by atoms with Crippen molar-refractivity contribution < 1.29 is 19.5 Å². The van der Waals surface area contributed by atoms with Crippen LogP contribution in [0, 0.1) is 5.92 Å². The lowest BCUT2D eigenvalue weighted by atomic mass is 9.84. The van der Waals surface area contributed by atoms with Gasteiger partial charge in [-0.15, -0.1) is 0 Å². The summed E-state index contributed by atoms with van der Waals surface area (Å²) in [6.07, 6.45) is 1.06. The fourth-order valence-electron chi connectivity index (χ4n) is 3.53. The number of aromatic amines is 1. The number of imidazole rings is 1. The maximum Gasteiger partial charge on any atom is 0.426 e. The van der Waals surface area contributed by atoms with Crippen LogP contribution in [0.4, 0.5) is 4.79 Å². The molecule has 1 aromatic carbocycles. The highest BCUT2D eigenvalue weighted by atomic mass is 35.5. The van der Waals surface area contributed by atoms with Crippen LogP contribution < -0.4 is 5.43 Å². The molecule has 1 unspecified atom stereocenters. The zero-order valence-electron chi connectivity index (χ0n) is 15.6. The predicted molar refractivity (Wildman–Crippen MR) is 103 cm³/mol. The fraction of sp³-hybridized carbons (Fsp3) is 0.444. The molecule has 1 saturated carbocycles. The summed E-state index contributed by atoms with van der Waals surface area (Å²) >= 11 is 5.92. The van der Waals surface area contributed by atoms with Crippen molar-refractivity contribution in [2.75, 3.05) is 14.1 Å². The molecule has 28 heavy (non-hydrogen) atoms. The number of amides is 3. The number of fused-ring (bicyclic) bond motifs is 1. The van der Waals surface area contributed by atoms with E-state index in [0.717, 1.165) is 5.01 Å². The van der Waals surface area contributed by atoms with Gasteiger partial charge in [-0.3, -0.25) is 15.0 Å². The Morgan fingerprint density at radius 3 is 2.71 bits per heavy atom. The van der Waals surface area contributed by atoms with Gasteiger partial charge in [0.1, 0.15) is 0 Å². The summed E-state index contributed by atoms with van der Waals surface area (Å²) in [5.41, 5.74) is 3.53. The van der Waals surface area contributed by atoms with Gasteiger partial charge in [0.05, 0.1) is 17.1 Å². The Kier molecular flexibility index (Phi) is 5.73. The molecule has 3 N–H and O–H groups in total. The zero-order chi connectivity index (χ0) is 20.4. The molecule has 10 heteroatoms. The van der Waals surface area contributed by atoms with Gasteiger partial charge < -0.3 is 15.0 Å². The molecule has 9 nitrogen and oxygen atoms in total. The van der Waals surface area contributed by atoms with Crippen molar-refractivity contribution in [2.45, 2.75) is 31.7 Å². The predicted octanol–water partition coefficient (Wildman–Crippen LogP) is 2.49. The number of carboxylic acid groups (broad SMARTS) is 1. The molecule has 0 aliphatic heterocycles. The van der Waals surface area contributed by atoms with Crippen LogP contribution in [-0.2, 0) is 4.79 Å². The molecule has 0 bridgehead atoms. The van der Waals surface area contributed by atoms with Gasteiger partial charge in [0.15, 0.2) is 5.82 Å². The molecule has 1 aliphatic carbocycles. The molecular formula is C18H22ClN5O4. The first kappa shape index (κ1) is 19.9. The number of nitrogens with one attached hydrogen (secondary N) is 2. The van der Waals surface area contributed by atoms with Gasteiger partial charge in [0, 0.05) is 25.0 Å². The summed E-state index contributed by atoms with van der Waals surface area (Å²) in [5.74, 6) is -0.979. The number of hydrogen-bond donors (Lipinski definition) is 3. The van der Waals surface area contributed by atoms with Crippen molar-refractivity contribution >= 4 is 40.5 Å². The van der Waals surface area contributed by atoms with E-state index in [4.69, 9.17) is 11.6 Å². The Balaban J connectivity index is 1.75. The van der Waals surface area contributed by atoms with E-state index in [9.17, 15) is 19.5 Å². The Hall–Kier alpha value is -2.81. The average Bonchev–Trinajstić information content (AvgIpc) is 3.08. The number of halogens is 1. The second-order valence-electron chi connectivity index (χ2n) is 7.09. The molecule has 1 aliphatic rings. The fourth-order valence-corrected chi connectivity index (χ4v) is 3.70. The van der Waals surface area contributed by atoms with Crippen molar-refractivity contribution in [1.29, 1.82) is 0 Å². The third-order valence-electron chi connectivity index (χ3n) is 4.89. The third kappa shape index (κ3) is 4.19. The van der Waals surface area contributed by atoms with Crippen molar-refractivity contribution in [2.24, 2.45) is 5.92 Å². The first-order valence-electron chi connectivity index (χ1n) is 8.96. The van der Waals surface area contributed by atoms with Gasteiger partial charge in [-0.1, -0.05) is 18.0 Å². The van der Waals surface area contributed by atoms with Crippen LogP contribution >= 0.6 is 11.6 Å². The Bertz CT molecular complexity index is 913. The lowest BCUT2D eigenvalue weighted by Gasteiger charge is -2.35. The Labute approximate surface area is 166 Å². The van der Waals surface area contributed by atoms with Crippen LogP contribution in [0.3, 0.4) is 0 Å². The molecule has 150 valence electrons. The summed E-state index contributed by atoms with van der Waals surface area (Å²) < 4.78 is 0. The van der Waals surface area contributed by atoms with Gasteiger partial charge in [-0.2, -0.15) is 0 Å². The second kappa shape index (κ2) is 8.05. The van der Waals surface area contributed by atoms with Gasteiger partial charge >= 0.3 is 12.0 Å². The molecule has 2 aromatic rings. The quantitative estimate of drug-likeness (QED) is 0.675. The number of rotatable bonds is 3. The minimum Gasteiger partial charge on any atom is -0.464 e. The SMILES string of the molecule is CN(C)C(=O)[C@H]1CCCC(N(NC(=O)c2nc3cc(Cl)ccc3[nH]2)C(=O)O)C1. The smallest absolute Gasteiger partial charge is 0.426 e. The summed E-state index contributed by atoms with van der Waals surface area (Å²) in [4.78, 5) is 45.1. The van der Waals surface area contributed by atoms with Crippen LogP contribution in [0.25, 0.3) is 11.0 Å². The second-order valence-corrected chi connectivity index (χ2v) is 7.53. The highest BCUT2D eigenvalue weighted by molar-refractivity contribution is 6.31. The van der Waals surface area contributed by atoms with Gasteiger partial charge in [-0.05, 0) is 37.5 Å². The lowest BCUT2D eigenvalue weighted by Crippen LogP contribution is -2.53. The zero-order valence-corrected chi connectivity index (χ0v) is 16.4. The molecule has 0 radical (unpaired) electrons. The molecular weight excluding hydrogens is 386 g/mol. The number of carbonyl (C=O) groups excluding carboxylic acids is 2. The monoisotopic (exact) mass is 407 g/mol. The summed E-state index contributed by atoms with van der Waals surface area (Å²) in [6, 6.07) is 4.48. The van der Waals surface area contributed by atoms with Crippen molar-refractivity contribution in [3.63, 3.8) is 0 Å². The Morgan fingerprint density at radius 1 is 1.29 bits per heavy atom. The van der Waals surface area contributed by atoms with Gasteiger partial charge in [0.25, 0.3) is 0 Å². The maximum absolute atomic E-state index is 12.6. The van der Waals surface area contributed by atoms with E-state index in [0.29, 0.717) is 41.7 Å². The highest BCUT2D eigenvalue weighted by Crippen LogP contribution is 2.28.